The van der Waals surface area contributed by atoms with Crippen molar-refractivity contribution in [1.29, 1.82) is 0 Å². The average molecular weight is 503 g/mol. The first-order chi connectivity index (χ1) is 16.2. The second kappa shape index (κ2) is 11.0. The van der Waals surface area contributed by atoms with Crippen LogP contribution in [-0.2, 0) is 11.3 Å². The zero-order valence-corrected chi connectivity index (χ0v) is 22.1. The molecule has 2 aliphatic heterocycles. The van der Waals surface area contributed by atoms with Crippen molar-refractivity contribution in [3.8, 4) is 11.1 Å². The Balaban J connectivity index is 1.49. The molecule has 1 atom stereocenters. The van der Waals surface area contributed by atoms with E-state index in [1.165, 1.54) is 11.1 Å². The first-order valence-corrected chi connectivity index (χ1v) is 13.2. The van der Waals surface area contributed by atoms with E-state index < -0.39 is 0 Å². The molecule has 2 saturated heterocycles. The van der Waals surface area contributed by atoms with Gasteiger partial charge in [0.2, 0.25) is 5.91 Å². The topological polar surface area (TPSA) is 35.6 Å². The summed E-state index contributed by atoms with van der Waals surface area (Å²) in [6, 6.07) is 14.5. The van der Waals surface area contributed by atoms with Crippen LogP contribution in [0.1, 0.15) is 45.6 Å². The van der Waals surface area contributed by atoms with Gasteiger partial charge in [-0.2, -0.15) is 0 Å². The van der Waals surface area contributed by atoms with Gasteiger partial charge in [-0.15, -0.1) is 0 Å². The summed E-state index contributed by atoms with van der Waals surface area (Å²) in [5, 5.41) is 4.55. The number of benzene rings is 2. The van der Waals surface area contributed by atoms with Gasteiger partial charge in [0.15, 0.2) is 0 Å². The van der Waals surface area contributed by atoms with Gasteiger partial charge in [0.1, 0.15) is 0 Å². The van der Waals surface area contributed by atoms with Crippen LogP contribution in [0.2, 0.25) is 10.0 Å². The summed E-state index contributed by atoms with van der Waals surface area (Å²) >= 11 is 12.5. The molecule has 0 aromatic heterocycles. The van der Waals surface area contributed by atoms with Gasteiger partial charge in [-0.1, -0.05) is 74.3 Å². The van der Waals surface area contributed by atoms with Crippen LogP contribution in [0, 0.1) is 11.3 Å². The second-order valence-electron chi connectivity index (χ2n) is 10.9. The average Bonchev–Trinajstić information content (AvgIpc) is 2.81. The minimum atomic E-state index is 0.0195. The molecule has 184 valence electrons. The molecule has 34 heavy (non-hydrogen) atoms. The maximum absolute atomic E-state index is 13.4. The summed E-state index contributed by atoms with van der Waals surface area (Å²) in [5.74, 6) is 0.855. The third-order valence-electron chi connectivity index (χ3n) is 7.35. The molecule has 2 heterocycles. The van der Waals surface area contributed by atoms with Crippen molar-refractivity contribution in [1.82, 2.24) is 15.1 Å². The van der Waals surface area contributed by atoms with Gasteiger partial charge in [0, 0.05) is 38.6 Å². The van der Waals surface area contributed by atoms with Crippen molar-refractivity contribution in [2.45, 2.75) is 52.6 Å². The molecule has 1 amide bonds. The fraction of sp³-hybridized carbons (Fsp3) is 0.536. The van der Waals surface area contributed by atoms with Crippen molar-refractivity contribution >= 4 is 29.1 Å². The first kappa shape index (κ1) is 25.5. The molecule has 2 aliphatic rings. The molecule has 1 N–H and O–H groups in total. The Hall–Kier alpha value is -1.59. The van der Waals surface area contributed by atoms with Crippen molar-refractivity contribution in [2.75, 3.05) is 32.7 Å². The van der Waals surface area contributed by atoms with Gasteiger partial charge in [0.05, 0.1) is 10.0 Å². The molecule has 0 aliphatic carbocycles. The lowest BCUT2D eigenvalue weighted by Crippen LogP contribution is -2.59. The number of nitrogens with zero attached hydrogens (tertiary/aromatic N) is 2. The molecule has 2 aromatic rings. The molecule has 0 saturated carbocycles. The Kier molecular flexibility index (Phi) is 8.24. The number of carbonyl (C=O) groups excluding carboxylic acids is 1. The third kappa shape index (κ3) is 6.15. The quantitative estimate of drug-likeness (QED) is 0.536. The molecule has 4 rings (SSSR count). The highest BCUT2D eigenvalue weighted by atomic mass is 35.5. The van der Waals surface area contributed by atoms with Crippen LogP contribution in [0.15, 0.2) is 42.5 Å². The molecular formula is C28H37Cl2N3O. The van der Waals surface area contributed by atoms with E-state index in [2.05, 4.69) is 60.2 Å². The summed E-state index contributed by atoms with van der Waals surface area (Å²) in [5.41, 5.74) is 3.54. The van der Waals surface area contributed by atoms with Crippen molar-refractivity contribution in [3.05, 3.63) is 58.1 Å². The number of carbonyl (C=O) groups is 1. The monoisotopic (exact) mass is 501 g/mol. The number of nitrogens with one attached hydrogen (secondary N) is 1. The molecule has 0 radical (unpaired) electrons. The lowest BCUT2D eigenvalue weighted by molar-refractivity contribution is -0.141. The first-order valence-electron chi connectivity index (χ1n) is 12.5. The van der Waals surface area contributed by atoms with Gasteiger partial charge in [-0.3, -0.25) is 9.69 Å². The Morgan fingerprint density at radius 1 is 1.03 bits per heavy atom. The van der Waals surface area contributed by atoms with E-state index in [0.29, 0.717) is 28.3 Å². The highest BCUT2D eigenvalue weighted by Crippen LogP contribution is 2.33. The minimum Gasteiger partial charge on any atom is -0.337 e. The Morgan fingerprint density at radius 2 is 1.76 bits per heavy atom. The van der Waals surface area contributed by atoms with Crippen LogP contribution in [0.3, 0.4) is 0 Å². The number of rotatable bonds is 5. The number of piperidine rings is 1. The van der Waals surface area contributed by atoms with Gasteiger partial charge in [-0.05, 0) is 66.1 Å². The molecule has 4 nitrogen and oxygen atoms in total. The fourth-order valence-corrected chi connectivity index (χ4v) is 5.62. The smallest absolute Gasteiger partial charge is 0.223 e. The van der Waals surface area contributed by atoms with E-state index in [9.17, 15) is 4.79 Å². The zero-order chi connectivity index (χ0) is 24.3. The van der Waals surface area contributed by atoms with Crippen molar-refractivity contribution in [2.24, 2.45) is 11.3 Å². The van der Waals surface area contributed by atoms with E-state index >= 15 is 0 Å². The molecule has 0 spiro atoms. The Morgan fingerprint density at radius 3 is 2.47 bits per heavy atom. The minimum absolute atomic E-state index is 0.0195. The molecule has 2 aromatic carbocycles. The predicted octanol–water partition coefficient (Wildman–Crippen LogP) is 6.11. The molecule has 0 unspecified atom stereocenters. The summed E-state index contributed by atoms with van der Waals surface area (Å²) in [7, 11) is 0. The normalized spacial score (nSPS) is 20.5. The van der Waals surface area contributed by atoms with E-state index in [-0.39, 0.29) is 11.5 Å². The summed E-state index contributed by atoms with van der Waals surface area (Å²) in [6.07, 6.45) is 2.91. The van der Waals surface area contributed by atoms with E-state index in [1.54, 1.807) is 0 Å². The lowest BCUT2D eigenvalue weighted by atomic mass is 9.83. The van der Waals surface area contributed by atoms with Crippen molar-refractivity contribution < 1.29 is 4.79 Å². The van der Waals surface area contributed by atoms with Gasteiger partial charge in [0.25, 0.3) is 0 Å². The predicted molar refractivity (Wildman–Crippen MR) is 142 cm³/mol. The second-order valence-corrected chi connectivity index (χ2v) is 11.7. The third-order valence-corrected chi connectivity index (χ3v) is 8.09. The number of halogens is 2. The van der Waals surface area contributed by atoms with Gasteiger partial charge >= 0.3 is 0 Å². The standard InChI is InChI=1S/C28H37Cl2N3O/c1-28(2,3)26-19-32(14-15-33(26)27(34)16-20-10-12-31-13-11-20)18-22-6-4-5-7-23(22)21-8-9-24(29)25(30)17-21/h4-9,17,20,26,31H,10-16,18-19H2,1-3H3/t26-/m1/s1. The largest absolute Gasteiger partial charge is 0.337 e. The van der Waals surface area contributed by atoms with Crippen LogP contribution in [0.5, 0.6) is 0 Å². The van der Waals surface area contributed by atoms with Gasteiger partial charge in [-0.25, -0.2) is 0 Å². The van der Waals surface area contributed by atoms with E-state index in [0.717, 1.165) is 57.7 Å². The van der Waals surface area contributed by atoms with Crippen LogP contribution in [-0.4, -0.2) is 54.5 Å². The van der Waals surface area contributed by atoms with E-state index in [1.807, 2.05) is 18.2 Å². The van der Waals surface area contributed by atoms with Crippen LogP contribution in [0.25, 0.3) is 11.1 Å². The maximum atomic E-state index is 13.4. The van der Waals surface area contributed by atoms with Crippen LogP contribution < -0.4 is 5.32 Å². The van der Waals surface area contributed by atoms with Crippen LogP contribution >= 0.6 is 23.2 Å². The Bertz CT molecular complexity index is 997. The molecular weight excluding hydrogens is 465 g/mol. The van der Waals surface area contributed by atoms with E-state index in [4.69, 9.17) is 23.2 Å². The number of hydrogen-bond acceptors (Lipinski definition) is 3. The highest BCUT2D eigenvalue weighted by Gasteiger charge is 2.38. The number of piperazine rings is 1. The maximum Gasteiger partial charge on any atom is 0.223 e. The SMILES string of the molecule is CC(C)(C)[C@H]1CN(Cc2ccccc2-c2ccc(Cl)c(Cl)c2)CCN1C(=O)CC1CCNCC1. The summed E-state index contributed by atoms with van der Waals surface area (Å²) in [4.78, 5) is 18.0. The lowest BCUT2D eigenvalue weighted by Gasteiger charge is -2.48. The molecule has 2 fully saturated rings. The molecule has 0 bridgehead atoms. The summed E-state index contributed by atoms with van der Waals surface area (Å²) < 4.78 is 0. The van der Waals surface area contributed by atoms with Gasteiger partial charge < -0.3 is 10.2 Å². The zero-order valence-electron chi connectivity index (χ0n) is 20.6. The van der Waals surface area contributed by atoms with Crippen molar-refractivity contribution in [3.63, 3.8) is 0 Å². The molecule has 6 heteroatoms. The number of amides is 1. The summed E-state index contributed by atoms with van der Waals surface area (Å²) in [6.45, 7) is 12.3. The number of hydrogen-bond donors (Lipinski definition) is 1. The highest BCUT2D eigenvalue weighted by molar-refractivity contribution is 6.42. The van der Waals surface area contributed by atoms with Crippen LogP contribution in [0.4, 0.5) is 0 Å². The fourth-order valence-electron chi connectivity index (χ4n) is 5.32. The Labute approximate surface area is 214 Å².